The van der Waals surface area contributed by atoms with Crippen LogP contribution < -0.4 is 0 Å². The number of esters is 1. The van der Waals surface area contributed by atoms with Crippen LogP contribution in [0.4, 0.5) is 0 Å². The Morgan fingerprint density at radius 2 is 1.78 bits per heavy atom. The van der Waals surface area contributed by atoms with E-state index in [0.29, 0.717) is 6.42 Å². The molecule has 1 aliphatic rings. The van der Waals surface area contributed by atoms with Crippen LogP contribution in [0, 0.1) is 5.92 Å². The van der Waals surface area contributed by atoms with Crippen LogP contribution in [-0.4, -0.2) is 24.2 Å². The smallest absolute Gasteiger partial charge is 0.314 e. The standard InChI is InChI=1S/C14H22O4/c1-10-11(13(10)14(16)17)8-6-4-3-5-7-9-12(15)18-2/h13H,3-9H2,1-2H3,(H,16,17). The monoisotopic (exact) mass is 254 g/mol. The maximum absolute atomic E-state index is 10.9. The number of hydrogen-bond acceptors (Lipinski definition) is 3. The number of ether oxygens (including phenoxy) is 1. The fourth-order valence-electron chi connectivity index (χ4n) is 2.28. The number of carbonyl (C=O) groups excluding carboxylic acids is 1. The zero-order chi connectivity index (χ0) is 13.5. The van der Waals surface area contributed by atoms with E-state index in [2.05, 4.69) is 4.74 Å². The summed E-state index contributed by atoms with van der Waals surface area (Å²) in [5.74, 6) is -1.11. The summed E-state index contributed by atoms with van der Waals surface area (Å²) in [5, 5.41) is 8.86. The topological polar surface area (TPSA) is 63.6 Å². The van der Waals surface area contributed by atoms with Gasteiger partial charge in [0.05, 0.1) is 13.0 Å². The molecule has 0 aromatic heterocycles. The fourth-order valence-corrected chi connectivity index (χ4v) is 2.28. The average Bonchev–Trinajstić information content (AvgIpc) is 2.98. The first-order chi connectivity index (χ1) is 8.57. The molecule has 4 heteroatoms. The van der Waals surface area contributed by atoms with Crippen LogP contribution in [0.2, 0.25) is 0 Å². The van der Waals surface area contributed by atoms with Gasteiger partial charge in [0.25, 0.3) is 0 Å². The highest BCUT2D eigenvalue weighted by Crippen LogP contribution is 2.42. The predicted octanol–water partition coefficient (Wildman–Crippen LogP) is 2.92. The minimum Gasteiger partial charge on any atom is -0.481 e. The van der Waals surface area contributed by atoms with Gasteiger partial charge in [0.1, 0.15) is 0 Å². The Bertz CT molecular complexity index is 344. The van der Waals surface area contributed by atoms with Crippen molar-refractivity contribution in [2.75, 3.05) is 7.11 Å². The molecule has 1 atom stereocenters. The van der Waals surface area contributed by atoms with Crippen LogP contribution in [0.1, 0.15) is 51.9 Å². The van der Waals surface area contributed by atoms with E-state index < -0.39 is 5.97 Å². The normalized spacial score (nSPS) is 17.8. The van der Waals surface area contributed by atoms with Gasteiger partial charge in [0, 0.05) is 6.42 Å². The zero-order valence-electron chi connectivity index (χ0n) is 11.2. The van der Waals surface area contributed by atoms with Crippen molar-refractivity contribution in [2.45, 2.75) is 51.9 Å². The Labute approximate surface area is 108 Å². The molecule has 0 spiro atoms. The molecule has 4 nitrogen and oxygen atoms in total. The summed E-state index contributed by atoms with van der Waals surface area (Å²) in [7, 11) is 1.41. The van der Waals surface area contributed by atoms with E-state index in [9.17, 15) is 9.59 Å². The molecule has 1 N–H and O–H groups in total. The second-order valence-electron chi connectivity index (χ2n) is 4.82. The molecule has 0 aromatic carbocycles. The van der Waals surface area contributed by atoms with E-state index in [1.165, 1.54) is 7.11 Å². The quantitative estimate of drug-likeness (QED) is 0.390. The summed E-state index contributed by atoms with van der Waals surface area (Å²) in [6, 6.07) is 0. The zero-order valence-corrected chi connectivity index (χ0v) is 11.2. The number of methoxy groups -OCH3 is 1. The van der Waals surface area contributed by atoms with Gasteiger partial charge >= 0.3 is 11.9 Å². The highest BCUT2D eigenvalue weighted by molar-refractivity contribution is 5.83. The van der Waals surface area contributed by atoms with Crippen molar-refractivity contribution in [3.05, 3.63) is 11.1 Å². The Hall–Kier alpha value is -1.32. The first-order valence-electron chi connectivity index (χ1n) is 6.57. The van der Waals surface area contributed by atoms with Gasteiger partial charge in [-0.2, -0.15) is 0 Å². The lowest BCUT2D eigenvalue weighted by molar-refractivity contribution is -0.141. The van der Waals surface area contributed by atoms with E-state index >= 15 is 0 Å². The molecule has 1 rings (SSSR count). The van der Waals surface area contributed by atoms with Crippen LogP contribution in [0.15, 0.2) is 11.1 Å². The molecule has 0 radical (unpaired) electrons. The number of hydrogen-bond donors (Lipinski definition) is 1. The first kappa shape index (κ1) is 14.7. The molecule has 0 bridgehead atoms. The van der Waals surface area contributed by atoms with Crippen molar-refractivity contribution in [1.82, 2.24) is 0 Å². The molecule has 1 aliphatic carbocycles. The Morgan fingerprint density at radius 1 is 1.17 bits per heavy atom. The minimum atomic E-state index is -0.708. The molecule has 0 heterocycles. The second-order valence-corrected chi connectivity index (χ2v) is 4.82. The van der Waals surface area contributed by atoms with Crippen LogP contribution >= 0.6 is 0 Å². The minimum absolute atomic E-state index is 0.141. The summed E-state index contributed by atoms with van der Waals surface area (Å²) in [6.07, 6.45) is 6.59. The summed E-state index contributed by atoms with van der Waals surface area (Å²) in [5.41, 5.74) is 2.17. The third-order valence-electron chi connectivity index (χ3n) is 3.51. The van der Waals surface area contributed by atoms with E-state index in [1.807, 2.05) is 6.92 Å². The Balaban J connectivity index is 1.94. The molecule has 0 saturated heterocycles. The van der Waals surface area contributed by atoms with Gasteiger partial charge in [-0.25, -0.2) is 0 Å². The maximum Gasteiger partial charge on any atom is 0.314 e. The maximum atomic E-state index is 10.9. The molecule has 0 saturated carbocycles. The molecule has 0 aliphatic heterocycles. The molecule has 0 fully saturated rings. The van der Waals surface area contributed by atoms with Crippen LogP contribution in [-0.2, 0) is 14.3 Å². The van der Waals surface area contributed by atoms with Gasteiger partial charge in [-0.05, 0) is 26.2 Å². The highest BCUT2D eigenvalue weighted by Gasteiger charge is 2.37. The molecule has 102 valence electrons. The van der Waals surface area contributed by atoms with Crippen LogP contribution in [0.25, 0.3) is 0 Å². The molecular weight excluding hydrogens is 232 g/mol. The van der Waals surface area contributed by atoms with Crippen molar-refractivity contribution >= 4 is 11.9 Å². The molecule has 18 heavy (non-hydrogen) atoms. The lowest BCUT2D eigenvalue weighted by Crippen LogP contribution is -2.01. The first-order valence-corrected chi connectivity index (χ1v) is 6.57. The van der Waals surface area contributed by atoms with E-state index in [0.717, 1.165) is 49.7 Å². The van der Waals surface area contributed by atoms with Crippen LogP contribution in [0.5, 0.6) is 0 Å². The molecule has 0 amide bonds. The van der Waals surface area contributed by atoms with Crippen molar-refractivity contribution in [3.63, 3.8) is 0 Å². The summed E-state index contributed by atoms with van der Waals surface area (Å²) < 4.78 is 4.56. The third kappa shape index (κ3) is 4.51. The lowest BCUT2D eigenvalue weighted by Gasteiger charge is -2.00. The number of carbonyl (C=O) groups is 2. The van der Waals surface area contributed by atoms with Gasteiger partial charge in [-0.1, -0.05) is 30.4 Å². The number of carboxylic acids is 1. The van der Waals surface area contributed by atoms with Gasteiger partial charge < -0.3 is 9.84 Å². The SMILES string of the molecule is COC(=O)CCCCCCCC1=C(C)C1C(=O)O. The van der Waals surface area contributed by atoms with Gasteiger partial charge in [-0.15, -0.1) is 0 Å². The van der Waals surface area contributed by atoms with Gasteiger partial charge in [0.2, 0.25) is 0 Å². The highest BCUT2D eigenvalue weighted by atomic mass is 16.5. The summed E-state index contributed by atoms with van der Waals surface area (Å²) in [6.45, 7) is 1.91. The third-order valence-corrected chi connectivity index (χ3v) is 3.51. The molecule has 1 unspecified atom stereocenters. The van der Waals surface area contributed by atoms with Crippen molar-refractivity contribution in [1.29, 1.82) is 0 Å². The average molecular weight is 254 g/mol. The van der Waals surface area contributed by atoms with Crippen LogP contribution in [0.3, 0.4) is 0 Å². The van der Waals surface area contributed by atoms with Crippen molar-refractivity contribution in [3.8, 4) is 0 Å². The fraction of sp³-hybridized carbons (Fsp3) is 0.714. The van der Waals surface area contributed by atoms with E-state index in [4.69, 9.17) is 5.11 Å². The Morgan fingerprint density at radius 3 is 2.33 bits per heavy atom. The van der Waals surface area contributed by atoms with E-state index in [-0.39, 0.29) is 11.9 Å². The van der Waals surface area contributed by atoms with Gasteiger partial charge in [-0.3, -0.25) is 9.59 Å². The molecule has 0 aromatic rings. The van der Waals surface area contributed by atoms with E-state index in [1.54, 1.807) is 0 Å². The predicted molar refractivity (Wildman–Crippen MR) is 68.2 cm³/mol. The number of aliphatic carboxylic acids is 1. The summed E-state index contributed by atoms with van der Waals surface area (Å²) >= 11 is 0. The van der Waals surface area contributed by atoms with Crippen molar-refractivity contribution < 1.29 is 19.4 Å². The number of rotatable bonds is 9. The van der Waals surface area contributed by atoms with Crippen molar-refractivity contribution in [2.24, 2.45) is 5.92 Å². The summed E-state index contributed by atoms with van der Waals surface area (Å²) in [4.78, 5) is 21.6. The Kier molecular flexibility index (Phi) is 5.89. The number of unbranched alkanes of at least 4 members (excludes halogenated alkanes) is 4. The second kappa shape index (κ2) is 7.19. The number of carboxylic acid groups (broad SMARTS) is 1. The molecular formula is C14H22O4. The van der Waals surface area contributed by atoms with Gasteiger partial charge in [0.15, 0.2) is 0 Å². The lowest BCUT2D eigenvalue weighted by atomic mass is 10.1. The largest absolute Gasteiger partial charge is 0.481 e.